The maximum atomic E-state index is 6.35. The second-order valence-corrected chi connectivity index (χ2v) is 5.81. The third kappa shape index (κ3) is 4.22. The fraction of sp³-hybridized carbons (Fsp3) is 0.875. The molecular weight excluding hydrogens is 240 g/mol. The highest BCUT2D eigenvalue weighted by atomic mass is 16.6. The Morgan fingerprint density at radius 1 is 1.32 bits per heavy atom. The van der Waals surface area contributed by atoms with Crippen LogP contribution < -0.4 is 0 Å². The first kappa shape index (κ1) is 14.9. The summed E-state index contributed by atoms with van der Waals surface area (Å²) in [7, 11) is 0. The van der Waals surface area contributed by atoms with E-state index in [-0.39, 0.29) is 5.60 Å². The molecule has 110 valence electrons. The summed E-state index contributed by atoms with van der Waals surface area (Å²) in [5, 5.41) is 0. The van der Waals surface area contributed by atoms with Crippen molar-refractivity contribution in [3.63, 3.8) is 0 Å². The Bertz CT molecular complexity index is 269. The quantitative estimate of drug-likeness (QED) is 0.363. The molecule has 2 aliphatic rings. The molecule has 1 aliphatic carbocycles. The van der Waals surface area contributed by atoms with Gasteiger partial charge in [-0.2, -0.15) is 0 Å². The molecule has 0 spiro atoms. The van der Waals surface area contributed by atoms with Crippen molar-refractivity contribution in [2.24, 2.45) is 5.92 Å². The first-order valence-electron chi connectivity index (χ1n) is 7.79. The molecule has 2 rings (SSSR count). The normalized spacial score (nSPS) is 26.7. The van der Waals surface area contributed by atoms with Gasteiger partial charge in [-0.15, -0.1) is 0 Å². The maximum absolute atomic E-state index is 6.35. The Labute approximate surface area is 117 Å². The van der Waals surface area contributed by atoms with Gasteiger partial charge in [0.2, 0.25) is 0 Å². The molecule has 0 aromatic carbocycles. The Balaban J connectivity index is 1.95. The molecule has 0 N–H and O–H groups in total. The lowest BCUT2D eigenvalue weighted by molar-refractivity contribution is -0.115. The fourth-order valence-electron chi connectivity index (χ4n) is 3.33. The van der Waals surface area contributed by atoms with E-state index in [1.165, 1.54) is 38.4 Å². The van der Waals surface area contributed by atoms with Crippen molar-refractivity contribution in [3.05, 3.63) is 12.8 Å². The molecule has 2 unspecified atom stereocenters. The highest BCUT2D eigenvalue weighted by Crippen LogP contribution is 2.40. The second kappa shape index (κ2) is 7.30. The van der Waals surface area contributed by atoms with Crippen LogP contribution in [0.25, 0.3) is 0 Å². The van der Waals surface area contributed by atoms with Crippen molar-refractivity contribution in [1.29, 1.82) is 0 Å². The molecular formula is C16H28O3. The summed E-state index contributed by atoms with van der Waals surface area (Å²) in [6.45, 7) is 8.19. The van der Waals surface area contributed by atoms with E-state index < -0.39 is 0 Å². The van der Waals surface area contributed by atoms with Gasteiger partial charge in [-0.1, -0.05) is 32.8 Å². The molecule has 1 saturated carbocycles. The summed E-state index contributed by atoms with van der Waals surface area (Å²) >= 11 is 0. The summed E-state index contributed by atoms with van der Waals surface area (Å²) in [5.74, 6) is 0.679. The highest BCUT2D eigenvalue weighted by Gasteiger charge is 2.40. The van der Waals surface area contributed by atoms with E-state index in [4.69, 9.17) is 14.2 Å². The first-order chi connectivity index (χ1) is 9.30. The molecule has 19 heavy (non-hydrogen) atoms. The molecule has 0 aromatic heterocycles. The van der Waals surface area contributed by atoms with Gasteiger partial charge >= 0.3 is 0 Å². The van der Waals surface area contributed by atoms with Crippen LogP contribution in [0.2, 0.25) is 0 Å². The molecule has 0 amide bonds. The van der Waals surface area contributed by atoms with Crippen molar-refractivity contribution in [3.8, 4) is 0 Å². The van der Waals surface area contributed by atoms with Gasteiger partial charge in [0.05, 0.1) is 31.7 Å². The van der Waals surface area contributed by atoms with Crippen molar-refractivity contribution < 1.29 is 14.2 Å². The standard InChI is InChI=1S/C16H28O3/c1-3-16(10-11-17-4-2,19-13-15-12-18-15)14-8-6-5-7-9-14/h4,14-15H,2-3,5-13H2,1H3. The smallest absolute Gasteiger partial charge is 0.104 e. The van der Waals surface area contributed by atoms with E-state index in [9.17, 15) is 0 Å². The molecule has 0 aromatic rings. The van der Waals surface area contributed by atoms with Crippen LogP contribution in [-0.2, 0) is 14.2 Å². The molecule has 2 atom stereocenters. The van der Waals surface area contributed by atoms with E-state index in [2.05, 4.69) is 13.5 Å². The molecule has 1 saturated heterocycles. The van der Waals surface area contributed by atoms with Gasteiger partial charge in [-0.3, -0.25) is 0 Å². The Kier molecular flexibility index (Phi) is 5.71. The predicted octanol–water partition coefficient (Wildman–Crippen LogP) is 3.68. The zero-order valence-electron chi connectivity index (χ0n) is 12.2. The lowest BCUT2D eigenvalue weighted by Crippen LogP contribution is -2.43. The molecule has 1 aliphatic heterocycles. The monoisotopic (exact) mass is 268 g/mol. The van der Waals surface area contributed by atoms with Crippen LogP contribution >= 0.6 is 0 Å². The summed E-state index contributed by atoms with van der Waals surface area (Å²) < 4.78 is 17.0. The van der Waals surface area contributed by atoms with Crippen LogP contribution in [0.4, 0.5) is 0 Å². The van der Waals surface area contributed by atoms with Gasteiger partial charge in [0.25, 0.3) is 0 Å². The maximum Gasteiger partial charge on any atom is 0.104 e. The predicted molar refractivity (Wildman–Crippen MR) is 76.1 cm³/mol. The van der Waals surface area contributed by atoms with Gasteiger partial charge in [0, 0.05) is 6.42 Å². The van der Waals surface area contributed by atoms with Gasteiger partial charge in [0.1, 0.15) is 6.10 Å². The molecule has 3 heteroatoms. The van der Waals surface area contributed by atoms with E-state index in [0.29, 0.717) is 18.6 Å². The minimum atomic E-state index is -0.0185. The second-order valence-electron chi connectivity index (χ2n) is 5.81. The van der Waals surface area contributed by atoms with Crippen LogP contribution in [0.3, 0.4) is 0 Å². The summed E-state index contributed by atoms with van der Waals surface area (Å²) in [4.78, 5) is 0. The SMILES string of the molecule is C=COCCC(CC)(OCC1CO1)C1CCCCC1. The molecule has 3 nitrogen and oxygen atoms in total. The minimum Gasteiger partial charge on any atom is -0.502 e. The van der Waals surface area contributed by atoms with Crippen molar-refractivity contribution >= 4 is 0 Å². The molecule has 0 radical (unpaired) electrons. The Morgan fingerprint density at radius 2 is 2.05 bits per heavy atom. The zero-order chi connectivity index (χ0) is 13.6. The molecule has 2 fully saturated rings. The van der Waals surface area contributed by atoms with Crippen LogP contribution in [0.15, 0.2) is 12.8 Å². The van der Waals surface area contributed by atoms with Crippen LogP contribution in [0, 0.1) is 5.92 Å². The van der Waals surface area contributed by atoms with E-state index in [1.54, 1.807) is 0 Å². The average Bonchev–Trinajstić information content (AvgIpc) is 3.28. The largest absolute Gasteiger partial charge is 0.502 e. The van der Waals surface area contributed by atoms with Crippen LogP contribution in [0.5, 0.6) is 0 Å². The minimum absolute atomic E-state index is 0.0185. The number of epoxide rings is 1. The van der Waals surface area contributed by atoms with Crippen molar-refractivity contribution in [2.45, 2.75) is 63.6 Å². The zero-order valence-corrected chi connectivity index (χ0v) is 12.2. The molecule has 0 bridgehead atoms. The lowest BCUT2D eigenvalue weighted by atomic mass is 9.73. The molecule has 1 heterocycles. The third-order valence-corrected chi connectivity index (χ3v) is 4.67. The van der Waals surface area contributed by atoms with E-state index in [0.717, 1.165) is 26.1 Å². The average molecular weight is 268 g/mol. The van der Waals surface area contributed by atoms with Crippen LogP contribution in [0.1, 0.15) is 51.9 Å². The number of ether oxygens (including phenoxy) is 3. The van der Waals surface area contributed by atoms with Crippen molar-refractivity contribution in [2.75, 3.05) is 19.8 Å². The summed E-state index contributed by atoms with van der Waals surface area (Å²) in [6, 6.07) is 0. The van der Waals surface area contributed by atoms with E-state index in [1.807, 2.05) is 0 Å². The third-order valence-electron chi connectivity index (χ3n) is 4.67. The lowest BCUT2D eigenvalue weighted by Gasteiger charge is -2.42. The van der Waals surface area contributed by atoms with Gasteiger partial charge in [-0.05, 0) is 25.2 Å². The van der Waals surface area contributed by atoms with Crippen molar-refractivity contribution in [1.82, 2.24) is 0 Å². The Hall–Kier alpha value is -0.540. The highest BCUT2D eigenvalue weighted by molar-refractivity contribution is 4.90. The number of hydrogen-bond donors (Lipinski definition) is 0. The van der Waals surface area contributed by atoms with E-state index >= 15 is 0 Å². The fourth-order valence-corrected chi connectivity index (χ4v) is 3.33. The summed E-state index contributed by atoms with van der Waals surface area (Å²) in [5.41, 5.74) is -0.0185. The van der Waals surface area contributed by atoms with Crippen LogP contribution in [-0.4, -0.2) is 31.5 Å². The van der Waals surface area contributed by atoms with Gasteiger partial charge in [-0.25, -0.2) is 0 Å². The summed E-state index contributed by atoms with van der Waals surface area (Å²) in [6.07, 6.45) is 10.6. The number of hydrogen-bond acceptors (Lipinski definition) is 3. The Morgan fingerprint density at radius 3 is 2.63 bits per heavy atom. The number of rotatable bonds is 9. The topological polar surface area (TPSA) is 31.0 Å². The van der Waals surface area contributed by atoms with Gasteiger partial charge < -0.3 is 14.2 Å². The van der Waals surface area contributed by atoms with Gasteiger partial charge in [0.15, 0.2) is 0 Å². The first-order valence-corrected chi connectivity index (χ1v) is 7.79.